The van der Waals surface area contributed by atoms with Gasteiger partial charge in [0, 0.05) is 43.7 Å². The SMILES string of the molecule is COc1ccc(CNCC(F)(F)F)c(N2CCC(COc3cc(C(CC(=O)O)C4CC4)ccn3)CC2)c1. The zero-order chi connectivity index (χ0) is 26.4. The van der Waals surface area contributed by atoms with Gasteiger partial charge in [0.15, 0.2) is 0 Å². The second-order valence-electron chi connectivity index (χ2n) is 9.92. The molecule has 37 heavy (non-hydrogen) atoms. The molecule has 10 heteroatoms. The number of hydrogen-bond donors (Lipinski definition) is 2. The van der Waals surface area contributed by atoms with Crippen LogP contribution in [0.4, 0.5) is 18.9 Å². The van der Waals surface area contributed by atoms with Crippen LogP contribution in [-0.2, 0) is 11.3 Å². The molecule has 4 rings (SSSR count). The highest BCUT2D eigenvalue weighted by Gasteiger charge is 2.34. The minimum atomic E-state index is -4.26. The Kier molecular flexibility index (Phi) is 8.79. The maximum Gasteiger partial charge on any atom is 0.401 e. The zero-order valence-electron chi connectivity index (χ0n) is 21.0. The lowest BCUT2D eigenvalue weighted by molar-refractivity contribution is -0.137. The summed E-state index contributed by atoms with van der Waals surface area (Å²) in [4.78, 5) is 17.8. The molecule has 1 aliphatic carbocycles. The number of carbonyl (C=O) groups is 1. The smallest absolute Gasteiger partial charge is 0.401 e. The van der Waals surface area contributed by atoms with Gasteiger partial charge in [-0.25, -0.2) is 4.98 Å². The summed E-state index contributed by atoms with van der Waals surface area (Å²) in [6.07, 6.45) is 1.40. The van der Waals surface area contributed by atoms with E-state index in [0.717, 1.165) is 55.6 Å². The Hall–Kier alpha value is -3.01. The first-order chi connectivity index (χ1) is 17.7. The second kappa shape index (κ2) is 12.0. The van der Waals surface area contributed by atoms with Crippen LogP contribution in [0, 0.1) is 11.8 Å². The van der Waals surface area contributed by atoms with Crippen LogP contribution in [0.3, 0.4) is 0 Å². The van der Waals surface area contributed by atoms with Gasteiger partial charge in [-0.3, -0.25) is 4.79 Å². The molecule has 2 fully saturated rings. The molecule has 7 nitrogen and oxygen atoms in total. The van der Waals surface area contributed by atoms with E-state index in [0.29, 0.717) is 30.1 Å². The number of rotatable bonds is 12. The van der Waals surface area contributed by atoms with Crippen LogP contribution in [0.2, 0.25) is 0 Å². The van der Waals surface area contributed by atoms with Crippen molar-refractivity contribution >= 4 is 11.7 Å². The number of halogens is 3. The Bertz CT molecular complexity index is 1050. The zero-order valence-corrected chi connectivity index (χ0v) is 21.0. The maximum absolute atomic E-state index is 12.6. The molecule has 0 amide bonds. The molecule has 0 bridgehead atoms. The van der Waals surface area contributed by atoms with Gasteiger partial charge in [0.05, 0.1) is 26.7 Å². The van der Waals surface area contributed by atoms with Gasteiger partial charge in [0.25, 0.3) is 0 Å². The van der Waals surface area contributed by atoms with Crippen molar-refractivity contribution in [3.05, 3.63) is 47.7 Å². The van der Waals surface area contributed by atoms with Gasteiger partial charge in [0.1, 0.15) is 5.75 Å². The number of nitrogens with one attached hydrogen (secondary N) is 1. The summed E-state index contributed by atoms with van der Waals surface area (Å²) in [7, 11) is 1.57. The Balaban J connectivity index is 1.32. The molecule has 1 atom stereocenters. The normalized spacial score (nSPS) is 17.5. The first-order valence-corrected chi connectivity index (χ1v) is 12.7. The van der Waals surface area contributed by atoms with Crippen molar-refractivity contribution in [1.82, 2.24) is 10.3 Å². The monoisotopic (exact) mass is 521 g/mol. The highest BCUT2D eigenvalue weighted by molar-refractivity contribution is 5.68. The molecule has 202 valence electrons. The average molecular weight is 522 g/mol. The van der Waals surface area contributed by atoms with Gasteiger partial charge in [-0.05, 0) is 66.7 Å². The second-order valence-corrected chi connectivity index (χ2v) is 9.92. The number of aliphatic carboxylic acids is 1. The highest BCUT2D eigenvalue weighted by Crippen LogP contribution is 2.45. The summed E-state index contributed by atoms with van der Waals surface area (Å²) in [5.74, 6) is 1.12. The molecule has 0 radical (unpaired) electrons. The van der Waals surface area contributed by atoms with Gasteiger partial charge in [-0.2, -0.15) is 13.2 Å². The van der Waals surface area contributed by atoms with Gasteiger partial charge in [-0.1, -0.05) is 6.07 Å². The Morgan fingerprint density at radius 3 is 2.59 bits per heavy atom. The third kappa shape index (κ3) is 7.99. The molecule has 1 aliphatic heterocycles. The van der Waals surface area contributed by atoms with E-state index in [1.807, 2.05) is 24.3 Å². The predicted molar refractivity (Wildman–Crippen MR) is 133 cm³/mol. The van der Waals surface area contributed by atoms with Crippen molar-refractivity contribution < 1.29 is 32.5 Å². The fourth-order valence-electron chi connectivity index (χ4n) is 4.97. The summed E-state index contributed by atoms with van der Waals surface area (Å²) in [6, 6.07) is 9.21. The Morgan fingerprint density at radius 1 is 1.19 bits per heavy atom. The van der Waals surface area contributed by atoms with Gasteiger partial charge >= 0.3 is 12.1 Å². The van der Waals surface area contributed by atoms with E-state index in [9.17, 15) is 23.1 Å². The lowest BCUT2D eigenvalue weighted by Crippen LogP contribution is -2.36. The minimum Gasteiger partial charge on any atom is -0.497 e. The van der Waals surface area contributed by atoms with Crippen molar-refractivity contribution in [2.75, 3.05) is 38.3 Å². The number of anilines is 1. The number of benzene rings is 1. The number of pyridine rings is 1. The Labute approximate surface area is 215 Å². The topological polar surface area (TPSA) is 83.9 Å². The first-order valence-electron chi connectivity index (χ1n) is 12.7. The molecular formula is C27H34F3N3O4. The molecular weight excluding hydrogens is 487 g/mol. The number of aromatic nitrogens is 1. The number of carboxylic acid groups (broad SMARTS) is 1. The maximum atomic E-state index is 12.6. The number of hydrogen-bond acceptors (Lipinski definition) is 6. The molecule has 2 N–H and O–H groups in total. The lowest BCUT2D eigenvalue weighted by atomic mass is 9.92. The summed E-state index contributed by atoms with van der Waals surface area (Å²) in [5, 5.41) is 11.8. The predicted octanol–water partition coefficient (Wildman–Crippen LogP) is 5.01. The highest BCUT2D eigenvalue weighted by atomic mass is 19.4. The van der Waals surface area contributed by atoms with Gasteiger partial charge in [0.2, 0.25) is 5.88 Å². The summed E-state index contributed by atoms with van der Waals surface area (Å²) in [5.41, 5.74) is 2.65. The van der Waals surface area contributed by atoms with E-state index in [4.69, 9.17) is 9.47 Å². The largest absolute Gasteiger partial charge is 0.497 e. The Morgan fingerprint density at radius 2 is 1.95 bits per heavy atom. The summed E-state index contributed by atoms with van der Waals surface area (Å²) >= 11 is 0. The van der Waals surface area contributed by atoms with Crippen molar-refractivity contribution in [3.63, 3.8) is 0 Å². The van der Waals surface area contributed by atoms with E-state index in [-0.39, 0.29) is 18.9 Å². The van der Waals surface area contributed by atoms with Crippen molar-refractivity contribution in [2.45, 2.75) is 50.7 Å². The van der Waals surface area contributed by atoms with Crippen molar-refractivity contribution in [2.24, 2.45) is 11.8 Å². The van der Waals surface area contributed by atoms with E-state index in [1.165, 1.54) is 0 Å². The summed E-state index contributed by atoms with van der Waals surface area (Å²) in [6.45, 7) is 1.10. The van der Waals surface area contributed by atoms with Crippen LogP contribution in [0.1, 0.15) is 49.1 Å². The molecule has 1 aromatic heterocycles. The van der Waals surface area contributed by atoms with Crippen LogP contribution in [0.15, 0.2) is 36.5 Å². The molecule has 1 aromatic carbocycles. The standard InChI is InChI=1S/C27H34F3N3O4/c1-36-22-5-4-21(15-31-17-27(28,29)30)24(13-22)33-10-7-18(8-11-33)16-37-25-12-20(6-9-32-25)23(14-26(34)35)19-2-3-19/h4-6,9,12-13,18-19,23,31H,2-3,7-8,10-11,14-17H2,1H3,(H,34,35). The van der Waals surface area contributed by atoms with E-state index in [2.05, 4.69) is 15.2 Å². The molecule has 2 aromatic rings. The number of alkyl halides is 3. The molecule has 0 spiro atoms. The summed E-state index contributed by atoms with van der Waals surface area (Å²) < 4.78 is 49.1. The van der Waals surface area contributed by atoms with Crippen LogP contribution >= 0.6 is 0 Å². The molecule has 1 unspecified atom stereocenters. The average Bonchev–Trinajstić information content (AvgIpc) is 3.71. The van der Waals surface area contributed by atoms with E-state index < -0.39 is 18.7 Å². The number of methoxy groups -OCH3 is 1. The van der Waals surface area contributed by atoms with Crippen LogP contribution in [-0.4, -0.2) is 55.6 Å². The van der Waals surface area contributed by atoms with E-state index in [1.54, 1.807) is 19.4 Å². The first kappa shape index (κ1) is 27.0. The van der Waals surface area contributed by atoms with Gasteiger partial charge in [-0.15, -0.1) is 0 Å². The van der Waals surface area contributed by atoms with Gasteiger partial charge < -0.3 is 24.8 Å². The van der Waals surface area contributed by atoms with Crippen molar-refractivity contribution in [1.29, 1.82) is 0 Å². The number of carboxylic acids is 1. The number of nitrogens with zero attached hydrogens (tertiary/aromatic N) is 2. The fourth-order valence-corrected chi connectivity index (χ4v) is 4.97. The molecule has 2 aliphatic rings. The quantitative estimate of drug-likeness (QED) is 0.406. The molecule has 2 heterocycles. The molecule has 1 saturated heterocycles. The lowest BCUT2D eigenvalue weighted by Gasteiger charge is -2.35. The number of ether oxygens (including phenoxy) is 2. The van der Waals surface area contributed by atoms with Crippen LogP contribution in [0.25, 0.3) is 0 Å². The van der Waals surface area contributed by atoms with Crippen LogP contribution < -0.4 is 19.7 Å². The van der Waals surface area contributed by atoms with Crippen molar-refractivity contribution in [3.8, 4) is 11.6 Å². The fraction of sp³-hybridized carbons (Fsp3) is 0.556. The minimum absolute atomic E-state index is 0.00577. The third-order valence-electron chi connectivity index (χ3n) is 7.13. The third-order valence-corrected chi connectivity index (χ3v) is 7.13. The molecule has 1 saturated carbocycles. The van der Waals surface area contributed by atoms with E-state index >= 15 is 0 Å². The number of piperidine rings is 1. The van der Waals surface area contributed by atoms with Crippen LogP contribution in [0.5, 0.6) is 11.6 Å².